The molecule has 0 bridgehead atoms. The van der Waals surface area contributed by atoms with Crippen molar-refractivity contribution < 1.29 is 23.4 Å². The van der Waals surface area contributed by atoms with Crippen LogP contribution in [0.1, 0.15) is 9.67 Å². The van der Waals surface area contributed by atoms with Gasteiger partial charge in [-0.05, 0) is 6.07 Å². The number of hydrogen-bond acceptors (Lipinski definition) is 5. The number of aromatic nitrogens is 2. The number of thiazole rings is 1. The summed E-state index contributed by atoms with van der Waals surface area (Å²) in [4.78, 5) is 18.2. The summed E-state index contributed by atoms with van der Waals surface area (Å²) in [6.45, 7) is -2.95. The molecule has 2 heterocycles. The van der Waals surface area contributed by atoms with E-state index in [1.165, 1.54) is 18.3 Å². The molecule has 1 N–H and O–H groups in total. The number of nitrogens with zero attached hydrogens (tertiary/aromatic N) is 2. The summed E-state index contributed by atoms with van der Waals surface area (Å²) < 4.78 is 28.0. The molecule has 0 aromatic carbocycles. The van der Waals surface area contributed by atoms with Crippen LogP contribution in [0.25, 0.3) is 10.6 Å². The van der Waals surface area contributed by atoms with E-state index >= 15 is 0 Å². The highest BCUT2D eigenvalue weighted by atomic mass is 35.5. The fourth-order valence-electron chi connectivity index (χ4n) is 1.22. The highest BCUT2D eigenvalue weighted by Gasteiger charge is 2.17. The van der Waals surface area contributed by atoms with Gasteiger partial charge in [0.15, 0.2) is 10.0 Å². The van der Waals surface area contributed by atoms with Crippen LogP contribution in [0.5, 0.6) is 5.88 Å². The Morgan fingerprint density at radius 3 is 2.68 bits per heavy atom. The Hall–Kier alpha value is -1.80. The molecule has 0 atom stereocenters. The third kappa shape index (κ3) is 3.15. The number of carboxylic acids is 1. The summed E-state index contributed by atoms with van der Waals surface area (Å²) >= 11 is 6.53. The Bertz CT molecular complexity index is 603. The van der Waals surface area contributed by atoms with Gasteiger partial charge in [-0.3, -0.25) is 0 Å². The average Bonchev–Trinajstić information content (AvgIpc) is 2.71. The van der Waals surface area contributed by atoms with Crippen molar-refractivity contribution in [3.05, 3.63) is 28.4 Å². The van der Waals surface area contributed by atoms with Crippen LogP contribution in [-0.4, -0.2) is 27.7 Å². The van der Waals surface area contributed by atoms with Gasteiger partial charge in [-0.1, -0.05) is 11.6 Å². The first-order chi connectivity index (χ1) is 8.97. The van der Waals surface area contributed by atoms with Gasteiger partial charge in [0, 0.05) is 17.8 Å². The number of ether oxygens (including phenoxy) is 1. The van der Waals surface area contributed by atoms with Crippen molar-refractivity contribution in [2.45, 2.75) is 6.61 Å². The molecule has 0 radical (unpaired) electrons. The lowest BCUT2D eigenvalue weighted by Gasteiger charge is -2.02. The molecule has 2 aromatic heterocycles. The van der Waals surface area contributed by atoms with E-state index in [1.807, 2.05) is 0 Å². The maximum Gasteiger partial charge on any atom is 0.388 e. The SMILES string of the molecule is O=C(O)c1sc(-c2ccc(OC(F)F)nc2)nc1Cl. The predicted octanol–water partition coefficient (Wildman–Crippen LogP) is 3.16. The van der Waals surface area contributed by atoms with Crippen molar-refractivity contribution in [3.8, 4) is 16.5 Å². The highest BCUT2D eigenvalue weighted by molar-refractivity contribution is 7.17. The van der Waals surface area contributed by atoms with E-state index in [0.717, 1.165) is 11.3 Å². The van der Waals surface area contributed by atoms with Crippen molar-refractivity contribution >= 4 is 28.9 Å². The van der Waals surface area contributed by atoms with E-state index in [4.69, 9.17) is 16.7 Å². The second-order valence-electron chi connectivity index (χ2n) is 3.21. The lowest BCUT2D eigenvalue weighted by atomic mass is 10.3. The molecule has 0 aliphatic carbocycles. The lowest BCUT2D eigenvalue weighted by Crippen LogP contribution is -2.03. The summed E-state index contributed by atoms with van der Waals surface area (Å²) in [5.41, 5.74) is 0.459. The first-order valence-electron chi connectivity index (χ1n) is 4.78. The van der Waals surface area contributed by atoms with Gasteiger partial charge in [-0.25, -0.2) is 14.8 Å². The Labute approximate surface area is 114 Å². The predicted molar refractivity (Wildman–Crippen MR) is 63.9 cm³/mol. The molecule has 19 heavy (non-hydrogen) atoms. The molecule has 0 amide bonds. The van der Waals surface area contributed by atoms with Crippen molar-refractivity contribution in [1.82, 2.24) is 9.97 Å². The average molecular weight is 307 g/mol. The van der Waals surface area contributed by atoms with E-state index in [2.05, 4.69) is 14.7 Å². The summed E-state index contributed by atoms with van der Waals surface area (Å²) in [6, 6.07) is 2.67. The molecular weight excluding hydrogens is 302 g/mol. The molecule has 2 aromatic rings. The highest BCUT2D eigenvalue weighted by Crippen LogP contribution is 2.31. The van der Waals surface area contributed by atoms with Crippen LogP contribution in [-0.2, 0) is 0 Å². The van der Waals surface area contributed by atoms with E-state index < -0.39 is 12.6 Å². The van der Waals surface area contributed by atoms with Crippen molar-refractivity contribution in [3.63, 3.8) is 0 Å². The van der Waals surface area contributed by atoms with Crippen LogP contribution >= 0.6 is 22.9 Å². The van der Waals surface area contributed by atoms with Gasteiger partial charge < -0.3 is 9.84 Å². The third-order valence-corrected chi connectivity index (χ3v) is 3.45. The smallest absolute Gasteiger partial charge is 0.388 e. The molecule has 0 aliphatic rings. The molecule has 5 nitrogen and oxygen atoms in total. The first-order valence-corrected chi connectivity index (χ1v) is 5.97. The second-order valence-corrected chi connectivity index (χ2v) is 4.56. The maximum atomic E-state index is 11.9. The Kier molecular flexibility index (Phi) is 3.91. The zero-order valence-corrected chi connectivity index (χ0v) is 10.6. The van der Waals surface area contributed by atoms with Crippen molar-refractivity contribution in [1.29, 1.82) is 0 Å². The van der Waals surface area contributed by atoms with Crippen LogP contribution in [0.4, 0.5) is 8.78 Å². The standard InChI is InChI=1S/C10H5ClF2N2O3S/c11-7-6(9(16)17)19-8(15-7)4-1-2-5(14-3-4)18-10(12)13/h1-3,10H,(H,16,17). The van der Waals surface area contributed by atoms with Gasteiger partial charge in [0.25, 0.3) is 0 Å². The number of hydrogen-bond donors (Lipinski definition) is 1. The minimum Gasteiger partial charge on any atom is -0.477 e. The topological polar surface area (TPSA) is 72.3 Å². The largest absolute Gasteiger partial charge is 0.477 e. The molecule has 0 saturated heterocycles. The van der Waals surface area contributed by atoms with E-state index in [-0.39, 0.29) is 15.9 Å². The number of carbonyl (C=O) groups is 1. The number of carboxylic acid groups (broad SMARTS) is 1. The first kappa shape index (κ1) is 13.6. The molecule has 0 saturated carbocycles. The Morgan fingerprint density at radius 1 is 1.47 bits per heavy atom. The molecule has 2 rings (SSSR count). The van der Waals surface area contributed by atoms with Crippen LogP contribution in [0.3, 0.4) is 0 Å². The van der Waals surface area contributed by atoms with Crippen LogP contribution in [0.2, 0.25) is 5.15 Å². The number of alkyl halides is 2. The van der Waals surface area contributed by atoms with Gasteiger partial charge >= 0.3 is 12.6 Å². The molecule has 0 spiro atoms. The number of aromatic carboxylic acids is 1. The number of rotatable bonds is 4. The quantitative estimate of drug-likeness (QED) is 0.939. The van der Waals surface area contributed by atoms with Crippen LogP contribution in [0.15, 0.2) is 18.3 Å². The molecule has 0 fully saturated rings. The molecule has 9 heteroatoms. The van der Waals surface area contributed by atoms with E-state index in [0.29, 0.717) is 10.6 Å². The van der Waals surface area contributed by atoms with Gasteiger partial charge in [0.1, 0.15) is 5.01 Å². The van der Waals surface area contributed by atoms with E-state index in [9.17, 15) is 13.6 Å². The van der Waals surface area contributed by atoms with Crippen molar-refractivity contribution in [2.24, 2.45) is 0 Å². The minimum atomic E-state index is -2.95. The minimum absolute atomic E-state index is 0.0930. The van der Waals surface area contributed by atoms with Crippen LogP contribution in [0, 0.1) is 0 Å². The Morgan fingerprint density at radius 2 is 2.21 bits per heavy atom. The molecule has 100 valence electrons. The Balaban J connectivity index is 2.27. The monoisotopic (exact) mass is 306 g/mol. The lowest BCUT2D eigenvalue weighted by molar-refractivity contribution is -0.0528. The zero-order chi connectivity index (χ0) is 14.0. The summed E-state index contributed by atoms with van der Waals surface area (Å²) in [6.07, 6.45) is 1.25. The zero-order valence-electron chi connectivity index (χ0n) is 9.01. The van der Waals surface area contributed by atoms with Gasteiger partial charge in [0.05, 0.1) is 0 Å². The van der Waals surface area contributed by atoms with Gasteiger partial charge in [-0.15, -0.1) is 11.3 Å². The molecule has 0 aliphatic heterocycles. The number of halogens is 3. The summed E-state index contributed by atoms with van der Waals surface area (Å²) in [7, 11) is 0. The maximum absolute atomic E-state index is 11.9. The number of pyridine rings is 1. The van der Waals surface area contributed by atoms with E-state index in [1.54, 1.807) is 0 Å². The fraction of sp³-hybridized carbons (Fsp3) is 0.100. The van der Waals surface area contributed by atoms with Crippen molar-refractivity contribution in [2.75, 3.05) is 0 Å². The normalized spacial score (nSPS) is 10.7. The van der Waals surface area contributed by atoms with Crippen LogP contribution < -0.4 is 4.74 Å². The van der Waals surface area contributed by atoms with Gasteiger partial charge in [0.2, 0.25) is 5.88 Å². The second kappa shape index (κ2) is 5.45. The molecular formula is C10H5ClF2N2O3S. The fourth-order valence-corrected chi connectivity index (χ4v) is 2.34. The third-order valence-electron chi connectivity index (χ3n) is 1.97. The van der Waals surface area contributed by atoms with Gasteiger partial charge in [-0.2, -0.15) is 8.78 Å². The summed E-state index contributed by atoms with van der Waals surface area (Å²) in [5.74, 6) is -1.42. The summed E-state index contributed by atoms with van der Waals surface area (Å²) in [5, 5.41) is 9.04. The molecule has 0 unspecified atom stereocenters.